The second kappa shape index (κ2) is 5.21. The molecule has 20 heavy (non-hydrogen) atoms. The van der Waals surface area contributed by atoms with E-state index < -0.39 is 0 Å². The van der Waals surface area contributed by atoms with Crippen LogP contribution in [0.4, 0.5) is 5.69 Å². The van der Waals surface area contributed by atoms with E-state index in [4.69, 9.17) is 0 Å². The molecule has 0 unspecified atom stereocenters. The predicted molar refractivity (Wildman–Crippen MR) is 82.1 cm³/mol. The van der Waals surface area contributed by atoms with Crippen molar-refractivity contribution >= 4 is 22.4 Å². The molecule has 0 bridgehead atoms. The molecule has 0 aliphatic rings. The number of anilines is 1. The Balaban J connectivity index is 1.83. The van der Waals surface area contributed by atoms with Crippen LogP contribution in [0.2, 0.25) is 0 Å². The third-order valence-electron chi connectivity index (χ3n) is 3.38. The zero-order chi connectivity index (χ0) is 13.9. The number of aryl methyl sites for hydroxylation is 1. The largest absolute Gasteiger partial charge is 0.354 e. The van der Waals surface area contributed by atoms with Crippen molar-refractivity contribution in [3.63, 3.8) is 0 Å². The van der Waals surface area contributed by atoms with E-state index in [0.29, 0.717) is 5.69 Å². The molecule has 1 amide bonds. The molecule has 0 aliphatic heterocycles. The fourth-order valence-corrected chi connectivity index (χ4v) is 2.24. The number of rotatable bonds is 3. The number of nitrogens with one attached hydrogen (secondary N) is 2. The Hall–Kier alpha value is -2.55. The Labute approximate surface area is 117 Å². The van der Waals surface area contributed by atoms with E-state index in [9.17, 15) is 4.79 Å². The smallest absolute Gasteiger partial charge is 0.272 e. The average Bonchev–Trinajstić information content (AvgIpc) is 2.96. The first-order chi connectivity index (χ1) is 9.76. The van der Waals surface area contributed by atoms with Crippen molar-refractivity contribution in [3.05, 3.63) is 66.0 Å². The van der Waals surface area contributed by atoms with E-state index in [0.717, 1.165) is 23.2 Å². The summed E-state index contributed by atoms with van der Waals surface area (Å²) in [5, 5.41) is 5.20. The molecule has 100 valence electrons. The molecule has 2 N–H and O–H groups in total. The van der Waals surface area contributed by atoms with Crippen molar-refractivity contribution in [2.24, 2.45) is 0 Å². The minimum absolute atomic E-state index is 0.111. The van der Waals surface area contributed by atoms with Gasteiger partial charge in [0.1, 0.15) is 5.69 Å². The molecule has 3 aromatic rings. The first-order valence-electron chi connectivity index (χ1n) is 6.74. The SMILES string of the molecule is CCc1ccc(C(=O)Nc2ccc3ccccc3c2)[nH]1. The quantitative estimate of drug-likeness (QED) is 0.738. The number of benzene rings is 2. The Bertz CT molecular complexity index is 758. The highest BCUT2D eigenvalue weighted by molar-refractivity contribution is 6.04. The normalized spacial score (nSPS) is 10.7. The van der Waals surface area contributed by atoms with E-state index in [-0.39, 0.29) is 5.91 Å². The summed E-state index contributed by atoms with van der Waals surface area (Å²) in [6.45, 7) is 2.05. The molecule has 3 rings (SSSR count). The molecular weight excluding hydrogens is 248 g/mol. The van der Waals surface area contributed by atoms with Gasteiger partial charge in [-0.1, -0.05) is 37.3 Å². The van der Waals surface area contributed by atoms with Gasteiger partial charge in [0, 0.05) is 11.4 Å². The monoisotopic (exact) mass is 264 g/mol. The van der Waals surface area contributed by atoms with Gasteiger partial charge in [0.2, 0.25) is 0 Å². The highest BCUT2D eigenvalue weighted by Gasteiger charge is 2.08. The van der Waals surface area contributed by atoms with Gasteiger partial charge in [-0.15, -0.1) is 0 Å². The zero-order valence-electron chi connectivity index (χ0n) is 11.3. The molecule has 1 heterocycles. The molecule has 1 aromatic heterocycles. The molecular formula is C17H16N2O. The van der Waals surface area contributed by atoms with Crippen LogP contribution in [0.5, 0.6) is 0 Å². The summed E-state index contributed by atoms with van der Waals surface area (Å²) in [6.07, 6.45) is 0.892. The zero-order valence-corrected chi connectivity index (χ0v) is 11.3. The van der Waals surface area contributed by atoms with E-state index in [1.807, 2.05) is 48.5 Å². The molecule has 3 nitrogen and oxygen atoms in total. The molecule has 2 aromatic carbocycles. The van der Waals surface area contributed by atoms with Crippen LogP contribution in [0, 0.1) is 0 Å². The van der Waals surface area contributed by atoms with Gasteiger partial charge in [-0.2, -0.15) is 0 Å². The van der Waals surface area contributed by atoms with Crippen LogP contribution in [0.15, 0.2) is 54.6 Å². The van der Waals surface area contributed by atoms with Crippen molar-refractivity contribution in [3.8, 4) is 0 Å². The number of fused-ring (bicyclic) bond motifs is 1. The molecule has 3 heteroatoms. The second-order valence-electron chi connectivity index (χ2n) is 4.77. The number of H-pyrrole nitrogens is 1. The second-order valence-corrected chi connectivity index (χ2v) is 4.77. The minimum Gasteiger partial charge on any atom is -0.354 e. The minimum atomic E-state index is -0.111. The van der Waals surface area contributed by atoms with Gasteiger partial charge < -0.3 is 10.3 Å². The molecule has 0 radical (unpaired) electrons. The number of carbonyl (C=O) groups excluding carboxylic acids is 1. The van der Waals surface area contributed by atoms with Gasteiger partial charge in [-0.3, -0.25) is 4.79 Å². The van der Waals surface area contributed by atoms with Gasteiger partial charge in [-0.05, 0) is 41.5 Å². The summed E-state index contributed by atoms with van der Waals surface area (Å²) in [6, 6.07) is 17.8. The lowest BCUT2D eigenvalue weighted by atomic mass is 10.1. The van der Waals surface area contributed by atoms with Gasteiger partial charge in [0.15, 0.2) is 0 Å². The van der Waals surface area contributed by atoms with E-state index in [1.54, 1.807) is 0 Å². The van der Waals surface area contributed by atoms with E-state index in [2.05, 4.69) is 23.3 Å². The summed E-state index contributed by atoms with van der Waals surface area (Å²) in [4.78, 5) is 15.2. The molecule has 0 saturated carbocycles. The highest BCUT2D eigenvalue weighted by atomic mass is 16.1. The molecule has 0 spiro atoms. The van der Waals surface area contributed by atoms with E-state index in [1.165, 1.54) is 5.39 Å². The van der Waals surface area contributed by atoms with Crippen LogP contribution in [-0.2, 0) is 6.42 Å². The topological polar surface area (TPSA) is 44.9 Å². The highest BCUT2D eigenvalue weighted by Crippen LogP contribution is 2.19. The number of aromatic nitrogens is 1. The van der Waals surface area contributed by atoms with Gasteiger partial charge >= 0.3 is 0 Å². The van der Waals surface area contributed by atoms with Crippen LogP contribution < -0.4 is 5.32 Å². The van der Waals surface area contributed by atoms with Crippen LogP contribution >= 0.6 is 0 Å². The average molecular weight is 264 g/mol. The number of aromatic amines is 1. The Morgan fingerprint density at radius 2 is 1.85 bits per heavy atom. The van der Waals surface area contributed by atoms with Crippen molar-refractivity contribution in [2.75, 3.05) is 5.32 Å². The first-order valence-corrected chi connectivity index (χ1v) is 6.74. The molecule has 0 fully saturated rings. The van der Waals surface area contributed by atoms with Crippen molar-refractivity contribution < 1.29 is 4.79 Å². The number of carbonyl (C=O) groups is 1. The fourth-order valence-electron chi connectivity index (χ4n) is 2.24. The lowest BCUT2D eigenvalue weighted by Crippen LogP contribution is -2.12. The molecule has 0 atom stereocenters. The summed E-state index contributed by atoms with van der Waals surface area (Å²) < 4.78 is 0. The summed E-state index contributed by atoms with van der Waals surface area (Å²) >= 11 is 0. The number of hydrogen-bond donors (Lipinski definition) is 2. The van der Waals surface area contributed by atoms with Crippen molar-refractivity contribution in [1.82, 2.24) is 4.98 Å². The van der Waals surface area contributed by atoms with Crippen LogP contribution in [0.1, 0.15) is 23.1 Å². The standard InChI is InChI=1S/C17H16N2O/c1-2-14-9-10-16(18-14)17(20)19-15-8-7-12-5-3-4-6-13(12)11-15/h3-11,18H,2H2,1H3,(H,19,20). The van der Waals surface area contributed by atoms with Gasteiger partial charge in [-0.25, -0.2) is 0 Å². The first kappa shape index (κ1) is 12.5. The van der Waals surface area contributed by atoms with Gasteiger partial charge in [0.05, 0.1) is 0 Å². The van der Waals surface area contributed by atoms with Crippen LogP contribution in [0.3, 0.4) is 0 Å². The lowest BCUT2D eigenvalue weighted by Gasteiger charge is -2.05. The summed E-state index contributed by atoms with van der Waals surface area (Å²) in [5.74, 6) is -0.111. The maximum Gasteiger partial charge on any atom is 0.272 e. The fraction of sp³-hybridized carbons (Fsp3) is 0.118. The third kappa shape index (κ3) is 2.43. The van der Waals surface area contributed by atoms with Crippen molar-refractivity contribution in [2.45, 2.75) is 13.3 Å². The maximum atomic E-state index is 12.1. The van der Waals surface area contributed by atoms with Crippen molar-refractivity contribution in [1.29, 1.82) is 0 Å². The Kier molecular flexibility index (Phi) is 3.25. The third-order valence-corrected chi connectivity index (χ3v) is 3.38. The summed E-state index contributed by atoms with van der Waals surface area (Å²) in [7, 11) is 0. The molecule has 0 saturated heterocycles. The lowest BCUT2D eigenvalue weighted by molar-refractivity contribution is 0.102. The van der Waals surface area contributed by atoms with Crippen LogP contribution in [-0.4, -0.2) is 10.9 Å². The predicted octanol–water partition coefficient (Wildman–Crippen LogP) is 3.98. The Morgan fingerprint density at radius 3 is 2.60 bits per heavy atom. The molecule has 0 aliphatic carbocycles. The number of amides is 1. The van der Waals surface area contributed by atoms with Gasteiger partial charge in [0.25, 0.3) is 5.91 Å². The van der Waals surface area contributed by atoms with Crippen LogP contribution in [0.25, 0.3) is 10.8 Å². The summed E-state index contributed by atoms with van der Waals surface area (Å²) in [5.41, 5.74) is 2.46. The maximum absolute atomic E-state index is 12.1. The number of hydrogen-bond acceptors (Lipinski definition) is 1. The van der Waals surface area contributed by atoms with E-state index >= 15 is 0 Å². The Morgan fingerprint density at radius 1 is 1.05 bits per heavy atom.